The maximum Gasteiger partial charge on any atom is 0.274 e. The second-order valence-corrected chi connectivity index (χ2v) is 6.64. The molecule has 1 amide bonds. The third-order valence-electron chi connectivity index (χ3n) is 4.28. The summed E-state index contributed by atoms with van der Waals surface area (Å²) >= 11 is 5.98. The Morgan fingerprint density at radius 2 is 1.96 bits per heavy atom. The van der Waals surface area contributed by atoms with Gasteiger partial charge in [-0.15, -0.1) is 10.2 Å². The lowest BCUT2D eigenvalue weighted by Crippen LogP contribution is -2.47. The zero-order chi connectivity index (χ0) is 17.6. The van der Waals surface area contributed by atoms with E-state index in [0.29, 0.717) is 11.5 Å². The highest BCUT2D eigenvalue weighted by molar-refractivity contribution is 6.30. The summed E-state index contributed by atoms with van der Waals surface area (Å²) in [5.41, 5.74) is 1.56. The molecule has 1 N–H and O–H groups in total. The maximum absolute atomic E-state index is 12.4. The molecule has 0 aliphatic carbocycles. The Morgan fingerprint density at radius 3 is 2.64 bits per heavy atom. The summed E-state index contributed by atoms with van der Waals surface area (Å²) in [6, 6.07) is 11.3. The van der Waals surface area contributed by atoms with Crippen molar-refractivity contribution < 1.29 is 4.79 Å². The molecule has 0 unspecified atom stereocenters. The van der Waals surface area contributed by atoms with Gasteiger partial charge in [0.1, 0.15) is 5.82 Å². The highest BCUT2D eigenvalue weighted by atomic mass is 35.5. The van der Waals surface area contributed by atoms with Crippen LogP contribution in [0.4, 0.5) is 5.82 Å². The number of hydrogen-bond donors (Lipinski definition) is 1. The Labute approximate surface area is 152 Å². The third kappa shape index (κ3) is 4.90. The van der Waals surface area contributed by atoms with Crippen LogP contribution in [0, 0.1) is 0 Å². The topological polar surface area (TPSA) is 61.4 Å². The summed E-state index contributed by atoms with van der Waals surface area (Å²) in [4.78, 5) is 16.5. The van der Waals surface area contributed by atoms with Gasteiger partial charge in [-0.05, 0) is 43.3 Å². The summed E-state index contributed by atoms with van der Waals surface area (Å²) in [7, 11) is 2.06. The number of benzene rings is 1. The Hall–Kier alpha value is -2.18. The predicted octanol–water partition coefficient (Wildman–Crippen LogP) is 2.17. The zero-order valence-corrected chi connectivity index (χ0v) is 15.0. The molecule has 2 aromatic rings. The molecule has 1 aromatic heterocycles. The molecule has 7 heteroatoms. The third-order valence-corrected chi connectivity index (χ3v) is 4.52. The number of amides is 1. The van der Waals surface area contributed by atoms with Gasteiger partial charge in [0, 0.05) is 37.7 Å². The predicted molar refractivity (Wildman–Crippen MR) is 99.1 cm³/mol. The number of halogens is 1. The Balaban J connectivity index is 1.51. The fourth-order valence-corrected chi connectivity index (χ4v) is 2.95. The van der Waals surface area contributed by atoms with Gasteiger partial charge in [0.15, 0.2) is 5.69 Å². The molecule has 6 nitrogen and oxygen atoms in total. The van der Waals surface area contributed by atoms with E-state index in [4.69, 9.17) is 11.6 Å². The first kappa shape index (κ1) is 17.6. The van der Waals surface area contributed by atoms with Crippen molar-refractivity contribution in [2.45, 2.75) is 6.42 Å². The van der Waals surface area contributed by atoms with Crippen molar-refractivity contribution in [3.8, 4) is 0 Å². The van der Waals surface area contributed by atoms with Crippen molar-refractivity contribution in [3.63, 3.8) is 0 Å². The van der Waals surface area contributed by atoms with E-state index in [1.165, 1.54) is 0 Å². The highest BCUT2D eigenvalue weighted by Crippen LogP contribution is 2.12. The number of nitrogens with one attached hydrogen (secondary N) is 1. The minimum atomic E-state index is -0.0499. The number of likely N-dealkylation sites (N-methyl/N-ethyl adjacent to an activating group) is 1. The van der Waals surface area contributed by atoms with Gasteiger partial charge in [0.25, 0.3) is 5.91 Å². The summed E-state index contributed by atoms with van der Waals surface area (Å²) < 4.78 is 0. The van der Waals surface area contributed by atoms with Crippen LogP contribution in [0.5, 0.6) is 0 Å². The fraction of sp³-hybridized carbons (Fsp3) is 0.389. The molecule has 0 atom stereocenters. The van der Waals surface area contributed by atoms with Crippen molar-refractivity contribution in [1.29, 1.82) is 0 Å². The number of carbonyl (C=O) groups excluding carboxylic acids is 1. The van der Waals surface area contributed by atoms with E-state index in [1.54, 1.807) is 12.1 Å². The number of nitrogens with zero attached hydrogens (tertiary/aromatic N) is 4. The monoisotopic (exact) mass is 359 g/mol. The Morgan fingerprint density at radius 1 is 1.16 bits per heavy atom. The summed E-state index contributed by atoms with van der Waals surface area (Å²) in [6.07, 6.45) is 0.838. The molecule has 1 aliphatic heterocycles. The minimum absolute atomic E-state index is 0.0499. The van der Waals surface area contributed by atoms with Gasteiger partial charge in [-0.1, -0.05) is 23.7 Å². The van der Waals surface area contributed by atoms with Crippen molar-refractivity contribution in [3.05, 3.63) is 52.7 Å². The average molecular weight is 360 g/mol. The molecule has 25 heavy (non-hydrogen) atoms. The van der Waals surface area contributed by atoms with Gasteiger partial charge in [0.2, 0.25) is 0 Å². The van der Waals surface area contributed by atoms with E-state index < -0.39 is 0 Å². The first-order valence-electron chi connectivity index (χ1n) is 8.42. The molecule has 1 fully saturated rings. The number of anilines is 1. The van der Waals surface area contributed by atoms with Crippen molar-refractivity contribution in [2.24, 2.45) is 0 Å². The normalized spacial score (nSPS) is 15.2. The molecule has 1 aliphatic rings. The standard InChI is InChI=1S/C18H22ClN5O/c1-23-9-11-24(12-10-23)18(25)16-5-6-17(22-21-16)20-8-7-14-3-2-4-15(19)13-14/h2-6,13H,7-12H2,1H3,(H,20,22). The molecule has 0 spiro atoms. The molecule has 132 valence electrons. The van der Waals surface area contributed by atoms with Crippen molar-refractivity contribution in [1.82, 2.24) is 20.0 Å². The number of aromatic nitrogens is 2. The van der Waals surface area contributed by atoms with Crippen molar-refractivity contribution in [2.75, 3.05) is 45.1 Å². The fourth-order valence-electron chi connectivity index (χ4n) is 2.74. The quantitative estimate of drug-likeness (QED) is 0.886. The second kappa shape index (κ2) is 8.27. The zero-order valence-electron chi connectivity index (χ0n) is 14.3. The molecule has 0 bridgehead atoms. The molecule has 3 rings (SSSR count). The molecule has 1 saturated heterocycles. The summed E-state index contributed by atoms with van der Waals surface area (Å²) in [5, 5.41) is 12.1. The molecule has 0 saturated carbocycles. The number of rotatable bonds is 5. The van der Waals surface area contributed by atoms with E-state index in [0.717, 1.165) is 49.7 Å². The van der Waals surface area contributed by atoms with E-state index in [9.17, 15) is 4.79 Å². The summed E-state index contributed by atoms with van der Waals surface area (Å²) in [6.45, 7) is 3.97. The number of hydrogen-bond acceptors (Lipinski definition) is 5. The Bertz CT molecular complexity index is 714. The molecule has 0 radical (unpaired) electrons. The van der Waals surface area contributed by atoms with E-state index in [1.807, 2.05) is 29.2 Å². The smallest absolute Gasteiger partial charge is 0.274 e. The second-order valence-electron chi connectivity index (χ2n) is 6.21. The van der Waals surface area contributed by atoms with Crippen LogP contribution in [0.3, 0.4) is 0 Å². The number of carbonyl (C=O) groups is 1. The first-order valence-corrected chi connectivity index (χ1v) is 8.79. The van der Waals surface area contributed by atoms with Crippen LogP contribution in [-0.2, 0) is 6.42 Å². The van der Waals surface area contributed by atoms with Crippen LogP contribution in [-0.4, -0.2) is 65.7 Å². The van der Waals surface area contributed by atoms with Crippen LogP contribution in [0.15, 0.2) is 36.4 Å². The van der Waals surface area contributed by atoms with Crippen LogP contribution in [0.1, 0.15) is 16.1 Å². The van der Waals surface area contributed by atoms with E-state index in [-0.39, 0.29) is 5.91 Å². The Kier molecular flexibility index (Phi) is 5.83. The largest absolute Gasteiger partial charge is 0.368 e. The van der Waals surface area contributed by atoms with Crippen LogP contribution < -0.4 is 5.32 Å². The maximum atomic E-state index is 12.4. The van der Waals surface area contributed by atoms with Gasteiger partial charge in [0.05, 0.1) is 0 Å². The van der Waals surface area contributed by atoms with Gasteiger partial charge in [-0.3, -0.25) is 4.79 Å². The highest BCUT2D eigenvalue weighted by Gasteiger charge is 2.21. The lowest BCUT2D eigenvalue weighted by atomic mass is 10.1. The first-order chi connectivity index (χ1) is 12.1. The van der Waals surface area contributed by atoms with Crippen LogP contribution in [0.25, 0.3) is 0 Å². The SMILES string of the molecule is CN1CCN(C(=O)c2ccc(NCCc3cccc(Cl)c3)nn2)CC1. The van der Waals surface area contributed by atoms with Crippen molar-refractivity contribution >= 4 is 23.3 Å². The lowest BCUT2D eigenvalue weighted by molar-refractivity contribution is 0.0657. The minimum Gasteiger partial charge on any atom is -0.368 e. The van der Waals surface area contributed by atoms with E-state index in [2.05, 4.69) is 27.5 Å². The van der Waals surface area contributed by atoms with Gasteiger partial charge >= 0.3 is 0 Å². The lowest BCUT2D eigenvalue weighted by Gasteiger charge is -2.32. The van der Waals surface area contributed by atoms with E-state index >= 15 is 0 Å². The summed E-state index contributed by atoms with van der Waals surface area (Å²) in [5.74, 6) is 0.614. The number of piperazine rings is 1. The molecular formula is C18H22ClN5O. The van der Waals surface area contributed by atoms with Gasteiger partial charge in [-0.25, -0.2) is 0 Å². The average Bonchev–Trinajstić information content (AvgIpc) is 2.62. The van der Waals surface area contributed by atoms with Gasteiger partial charge < -0.3 is 15.1 Å². The molecule has 2 heterocycles. The van der Waals surface area contributed by atoms with Gasteiger partial charge in [-0.2, -0.15) is 0 Å². The van der Waals surface area contributed by atoms with Crippen LogP contribution >= 0.6 is 11.6 Å². The van der Waals surface area contributed by atoms with Crippen LogP contribution in [0.2, 0.25) is 5.02 Å². The molecule has 1 aromatic carbocycles. The molecular weight excluding hydrogens is 338 g/mol.